The van der Waals surface area contributed by atoms with Crippen molar-refractivity contribution in [3.63, 3.8) is 0 Å². The number of aromatic nitrogens is 2. The topological polar surface area (TPSA) is 166 Å². The van der Waals surface area contributed by atoms with E-state index >= 15 is 0 Å². The zero-order valence-corrected chi connectivity index (χ0v) is 20.9. The van der Waals surface area contributed by atoms with Crippen molar-refractivity contribution in [1.82, 2.24) is 25.1 Å². The first-order chi connectivity index (χ1) is 17.2. The van der Waals surface area contributed by atoms with E-state index in [1.807, 2.05) is 13.8 Å². The van der Waals surface area contributed by atoms with Crippen LogP contribution in [-0.4, -0.2) is 74.9 Å². The van der Waals surface area contributed by atoms with Crippen LogP contribution in [0.4, 0.5) is 4.79 Å². The van der Waals surface area contributed by atoms with Gasteiger partial charge in [-0.1, -0.05) is 26.7 Å². The Morgan fingerprint density at radius 2 is 1.94 bits per heavy atom. The number of ether oxygens (including phenoxy) is 1. The molecule has 0 bridgehead atoms. The third kappa shape index (κ3) is 6.82. The van der Waals surface area contributed by atoms with Crippen LogP contribution in [0.3, 0.4) is 0 Å². The van der Waals surface area contributed by atoms with Crippen LogP contribution in [0.15, 0.2) is 12.5 Å². The number of imidazole rings is 1. The van der Waals surface area contributed by atoms with Gasteiger partial charge in [0.05, 0.1) is 5.69 Å². The molecule has 0 radical (unpaired) electrons. The lowest BCUT2D eigenvalue weighted by molar-refractivity contribution is -0.140. The van der Waals surface area contributed by atoms with Gasteiger partial charge in [0.25, 0.3) is 0 Å². The number of nitrogens with zero attached hydrogens (tertiary/aromatic N) is 3. The predicted molar refractivity (Wildman–Crippen MR) is 128 cm³/mol. The highest BCUT2D eigenvalue weighted by atomic mass is 16.6. The van der Waals surface area contributed by atoms with Gasteiger partial charge in [-0.05, 0) is 32.1 Å². The zero-order valence-electron chi connectivity index (χ0n) is 20.9. The van der Waals surface area contributed by atoms with E-state index in [9.17, 15) is 24.0 Å². The highest BCUT2D eigenvalue weighted by Crippen LogP contribution is 2.20. The molecule has 1 aromatic rings. The number of carbonyl (C=O) groups is 5. The molecule has 0 spiro atoms. The normalized spacial score (nSPS) is 20.3. The van der Waals surface area contributed by atoms with Gasteiger partial charge in [-0.2, -0.15) is 0 Å². The van der Waals surface area contributed by atoms with Crippen LogP contribution in [0, 0.1) is 0 Å². The molecular weight excluding hydrogens is 468 g/mol. The second kappa shape index (κ2) is 12.5. The lowest BCUT2D eigenvalue weighted by atomic mass is 10.1. The molecule has 0 aromatic carbocycles. The Balaban J connectivity index is 1.74. The minimum Gasteiger partial charge on any atom is -0.446 e. The van der Waals surface area contributed by atoms with Gasteiger partial charge in [0.1, 0.15) is 30.6 Å². The zero-order chi connectivity index (χ0) is 26.2. The van der Waals surface area contributed by atoms with Crippen LogP contribution >= 0.6 is 0 Å². The first-order valence-electron chi connectivity index (χ1n) is 12.7. The Hall–Kier alpha value is -3.44. The van der Waals surface area contributed by atoms with E-state index in [1.165, 1.54) is 22.0 Å². The molecular formula is C24H36N6O6. The molecule has 4 amide bonds. The molecule has 12 heteroatoms. The minimum atomic E-state index is -1.05. The number of hydrogen-bond donors (Lipinski definition) is 3. The number of hydrogen-bond acceptors (Lipinski definition) is 7. The Bertz CT molecular complexity index is 972. The minimum absolute atomic E-state index is 0.0130. The van der Waals surface area contributed by atoms with Crippen LogP contribution in [0.5, 0.6) is 0 Å². The Morgan fingerprint density at radius 3 is 2.56 bits per heavy atom. The summed E-state index contributed by atoms with van der Waals surface area (Å²) in [6.07, 6.45) is 6.97. The number of nitrogens with one attached hydrogen (secondary N) is 2. The van der Waals surface area contributed by atoms with Crippen molar-refractivity contribution < 1.29 is 28.7 Å². The quantitative estimate of drug-likeness (QED) is 0.397. The van der Waals surface area contributed by atoms with E-state index in [-0.39, 0.29) is 24.9 Å². The predicted octanol–water partition coefficient (Wildman–Crippen LogP) is 0.619. The highest BCUT2D eigenvalue weighted by molar-refractivity contribution is 5.95. The number of likely N-dealkylation sites (tertiary alicyclic amines) is 1. The highest BCUT2D eigenvalue weighted by Gasteiger charge is 2.38. The molecule has 3 atom stereocenters. The van der Waals surface area contributed by atoms with Crippen molar-refractivity contribution in [3.8, 4) is 0 Å². The Kier molecular flexibility index (Phi) is 9.43. The molecule has 3 rings (SSSR count). The summed E-state index contributed by atoms with van der Waals surface area (Å²) in [4.78, 5) is 67.8. The molecule has 198 valence electrons. The molecule has 3 heterocycles. The number of primary amides is 1. The maximum Gasteiger partial charge on any atom is 0.419 e. The van der Waals surface area contributed by atoms with Crippen molar-refractivity contribution in [1.29, 1.82) is 0 Å². The number of rotatable bonds is 11. The van der Waals surface area contributed by atoms with Crippen LogP contribution in [-0.2, 0) is 30.3 Å². The number of nitrogens with two attached hydrogens (primary N) is 1. The van der Waals surface area contributed by atoms with Crippen molar-refractivity contribution in [2.75, 3.05) is 6.54 Å². The lowest BCUT2D eigenvalue weighted by Gasteiger charge is -2.28. The average Bonchev–Trinajstić information content (AvgIpc) is 3.59. The fraction of sp³-hybridized carbons (Fsp3) is 0.667. The van der Waals surface area contributed by atoms with Gasteiger partial charge in [-0.25, -0.2) is 14.3 Å². The van der Waals surface area contributed by atoms with E-state index in [1.54, 1.807) is 0 Å². The summed E-state index contributed by atoms with van der Waals surface area (Å²) in [5.74, 6) is -1.78. The first kappa shape index (κ1) is 27.2. The smallest absolute Gasteiger partial charge is 0.419 e. The van der Waals surface area contributed by atoms with Crippen molar-refractivity contribution >= 4 is 29.7 Å². The van der Waals surface area contributed by atoms with Crippen LogP contribution < -0.4 is 16.4 Å². The van der Waals surface area contributed by atoms with Gasteiger partial charge in [0.2, 0.25) is 23.6 Å². The van der Waals surface area contributed by atoms with E-state index in [0.29, 0.717) is 31.5 Å². The second-order valence-corrected chi connectivity index (χ2v) is 9.37. The van der Waals surface area contributed by atoms with Crippen molar-refractivity contribution in [3.05, 3.63) is 18.2 Å². The Morgan fingerprint density at radius 1 is 1.22 bits per heavy atom. The van der Waals surface area contributed by atoms with Gasteiger partial charge in [0, 0.05) is 25.6 Å². The van der Waals surface area contributed by atoms with E-state index in [0.717, 1.165) is 25.7 Å². The molecule has 0 unspecified atom stereocenters. The SMILES string of the molecule is CCCC(CCC)OC(=O)n1cnc(C[C@H](NC(=O)[C@@H]2CCC(=O)N2)C(=O)N2CCC[C@H]2C(N)=O)c1. The summed E-state index contributed by atoms with van der Waals surface area (Å²) in [5, 5.41) is 5.29. The third-order valence-electron chi connectivity index (χ3n) is 6.54. The summed E-state index contributed by atoms with van der Waals surface area (Å²) < 4.78 is 6.81. The molecule has 4 N–H and O–H groups in total. The molecule has 2 saturated heterocycles. The fourth-order valence-electron chi connectivity index (χ4n) is 4.70. The molecule has 1 aromatic heterocycles. The van der Waals surface area contributed by atoms with Gasteiger partial charge in [-0.3, -0.25) is 19.2 Å². The van der Waals surface area contributed by atoms with E-state index < -0.39 is 41.9 Å². The largest absolute Gasteiger partial charge is 0.446 e. The summed E-state index contributed by atoms with van der Waals surface area (Å²) in [5.41, 5.74) is 5.87. The summed E-state index contributed by atoms with van der Waals surface area (Å²) >= 11 is 0. The molecule has 36 heavy (non-hydrogen) atoms. The number of amides is 4. The maximum atomic E-state index is 13.4. The van der Waals surface area contributed by atoms with Crippen molar-refractivity contribution in [2.24, 2.45) is 5.73 Å². The van der Waals surface area contributed by atoms with Gasteiger partial charge < -0.3 is 26.0 Å². The van der Waals surface area contributed by atoms with Gasteiger partial charge >= 0.3 is 6.09 Å². The molecule has 0 saturated carbocycles. The third-order valence-corrected chi connectivity index (χ3v) is 6.54. The van der Waals surface area contributed by atoms with Gasteiger partial charge in [-0.15, -0.1) is 0 Å². The van der Waals surface area contributed by atoms with E-state index in [4.69, 9.17) is 10.5 Å². The maximum absolute atomic E-state index is 13.4. The van der Waals surface area contributed by atoms with Crippen LogP contribution in [0.2, 0.25) is 0 Å². The summed E-state index contributed by atoms with van der Waals surface area (Å²) in [6, 6.07) is -2.54. The molecule has 2 fully saturated rings. The first-order valence-corrected chi connectivity index (χ1v) is 12.7. The standard InChI is InChI=1S/C24H36N6O6/c1-3-6-16(7-4-2)36-24(35)29-13-15(26-14-29)12-18(28-22(33)17-9-10-20(31)27-17)23(34)30-11-5-8-19(30)21(25)32/h13-14,16-19H,3-12H2,1-2H3,(H2,25,32)(H,27,31)(H,28,33)/t17-,18-,19-/m0/s1. The summed E-state index contributed by atoms with van der Waals surface area (Å²) in [6.45, 7) is 4.39. The molecule has 12 nitrogen and oxygen atoms in total. The molecule has 2 aliphatic heterocycles. The summed E-state index contributed by atoms with van der Waals surface area (Å²) in [7, 11) is 0. The fourth-order valence-corrected chi connectivity index (χ4v) is 4.70. The van der Waals surface area contributed by atoms with Gasteiger partial charge in [0.15, 0.2) is 0 Å². The van der Waals surface area contributed by atoms with Crippen LogP contribution in [0.25, 0.3) is 0 Å². The Labute approximate surface area is 210 Å². The number of carbonyl (C=O) groups excluding carboxylic acids is 5. The molecule has 2 aliphatic rings. The van der Waals surface area contributed by atoms with E-state index in [2.05, 4.69) is 15.6 Å². The molecule has 0 aliphatic carbocycles. The second-order valence-electron chi connectivity index (χ2n) is 9.37. The van der Waals surface area contributed by atoms with Crippen molar-refractivity contribution in [2.45, 2.75) is 95.9 Å². The lowest BCUT2D eigenvalue weighted by Crippen LogP contribution is -2.56. The van der Waals surface area contributed by atoms with Crippen LogP contribution in [0.1, 0.15) is 70.9 Å². The average molecular weight is 505 g/mol. The monoisotopic (exact) mass is 504 g/mol.